The van der Waals surface area contributed by atoms with E-state index in [1.807, 2.05) is 0 Å². The molecule has 4 nitrogen and oxygen atoms in total. The van der Waals surface area contributed by atoms with Crippen molar-refractivity contribution in [3.63, 3.8) is 0 Å². The molecule has 0 spiro atoms. The fourth-order valence-electron chi connectivity index (χ4n) is 0.608. The van der Waals surface area contributed by atoms with E-state index < -0.39 is 17.4 Å². The van der Waals surface area contributed by atoms with Crippen LogP contribution < -0.4 is 0 Å². The monoisotopic (exact) mass is 214 g/mol. The van der Waals surface area contributed by atoms with Crippen molar-refractivity contribution in [2.24, 2.45) is 5.41 Å². The molecule has 0 atom stereocenters. The molecule has 0 fully saturated rings. The van der Waals surface area contributed by atoms with Crippen LogP contribution in [0.1, 0.15) is 27.2 Å². The molecule has 0 heterocycles. The number of hydrogen-bond donors (Lipinski definition) is 0. The van der Waals surface area contributed by atoms with E-state index in [9.17, 15) is 9.59 Å². The van der Waals surface area contributed by atoms with Crippen LogP contribution in [0.2, 0.25) is 0 Å². The van der Waals surface area contributed by atoms with E-state index >= 15 is 0 Å². The Morgan fingerprint density at radius 1 is 1.33 bits per heavy atom. The van der Waals surface area contributed by atoms with E-state index in [1.165, 1.54) is 0 Å². The van der Waals surface area contributed by atoms with Gasteiger partial charge in [-0.1, -0.05) is 6.08 Å². The summed E-state index contributed by atoms with van der Waals surface area (Å²) in [6.07, 6.45) is 2.35. The maximum absolute atomic E-state index is 11.2. The van der Waals surface area contributed by atoms with Gasteiger partial charge in [0.1, 0.15) is 6.61 Å². The summed E-state index contributed by atoms with van der Waals surface area (Å²) in [5, 5.41) is 0. The van der Waals surface area contributed by atoms with Crippen molar-refractivity contribution >= 4 is 11.9 Å². The third-order valence-corrected chi connectivity index (χ3v) is 1.51. The quantitative estimate of drug-likeness (QED) is 0.302. The largest absolute Gasteiger partial charge is 0.391 e. The number of rotatable bonds is 5. The molecule has 0 amide bonds. The standard InChI is InChI=1S/C11H18O4/c1-5-6-7-14-8-9(12)15-10(13)11(2,3)4/h5H,1,6-8H2,2-4H3. The first-order valence-corrected chi connectivity index (χ1v) is 4.81. The first kappa shape index (κ1) is 13.8. The molecule has 0 aliphatic heterocycles. The summed E-state index contributed by atoms with van der Waals surface area (Å²) in [4.78, 5) is 22.3. The van der Waals surface area contributed by atoms with Gasteiger partial charge >= 0.3 is 11.9 Å². The summed E-state index contributed by atoms with van der Waals surface area (Å²) in [7, 11) is 0. The van der Waals surface area contributed by atoms with Gasteiger partial charge in [-0.3, -0.25) is 4.79 Å². The second-order valence-electron chi connectivity index (χ2n) is 4.14. The molecule has 0 saturated heterocycles. The van der Waals surface area contributed by atoms with Gasteiger partial charge in [-0.25, -0.2) is 4.79 Å². The van der Waals surface area contributed by atoms with Crippen LogP contribution in [0.5, 0.6) is 0 Å². The van der Waals surface area contributed by atoms with Gasteiger partial charge in [0.25, 0.3) is 0 Å². The molecule has 0 unspecified atom stereocenters. The zero-order valence-electron chi connectivity index (χ0n) is 9.54. The van der Waals surface area contributed by atoms with Crippen molar-refractivity contribution in [2.45, 2.75) is 27.2 Å². The minimum atomic E-state index is -0.670. The Hall–Kier alpha value is -1.16. The molecule has 4 heteroatoms. The van der Waals surface area contributed by atoms with E-state index in [0.717, 1.165) is 0 Å². The Labute approximate surface area is 90.2 Å². The molecule has 86 valence electrons. The summed E-state index contributed by atoms with van der Waals surface area (Å²) in [5.41, 5.74) is -0.670. The fraction of sp³-hybridized carbons (Fsp3) is 0.636. The molecule has 0 bridgehead atoms. The molecule has 0 aliphatic rings. The van der Waals surface area contributed by atoms with E-state index in [-0.39, 0.29) is 6.61 Å². The van der Waals surface area contributed by atoms with Gasteiger partial charge in [-0.2, -0.15) is 0 Å². The molecule has 0 aromatic rings. The summed E-state index contributed by atoms with van der Waals surface area (Å²) in [6.45, 7) is 8.76. The van der Waals surface area contributed by atoms with Crippen LogP contribution in [0.3, 0.4) is 0 Å². The highest BCUT2D eigenvalue weighted by atomic mass is 16.6. The maximum atomic E-state index is 11.2. The van der Waals surface area contributed by atoms with Crippen LogP contribution in [0.25, 0.3) is 0 Å². The minimum absolute atomic E-state index is 0.199. The maximum Gasteiger partial charge on any atom is 0.339 e. The van der Waals surface area contributed by atoms with Gasteiger partial charge in [-0.15, -0.1) is 6.58 Å². The molecule has 15 heavy (non-hydrogen) atoms. The minimum Gasteiger partial charge on any atom is -0.391 e. The Morgan fingerprint density at radius 3 is 2.40 bits per heavy atom. The molecular weight excluding hydrogens is 196 g/mol. The number of esters is 2. The lowest BCUT2D eigenvalue weighted by molar-refractivity contribution is -0.168. The average molecular weight is 214 g/mol. The van der Waals surface area contributed by atoms with Crippen LogP contribution in [-0.4, -0.2) is 25.2 Å². The lowest BCUT2D eigenvalue weighted by Gasteiger charge is -2.15. The Morgan fingerprint density at radius 2 is 1.93 bits per heavy atom. The molecule has 0 aromatic heterocycles. The lowest BCUT2D eigenvalue weighted by atomic mass is 9.97. The average Bonchev–Trinajstić information content (AvgIpc) is 2.11. The second-order valence-corrected chi connectivity index (χ2v) is 4.14. The van der Waals surface area contributed by atoms with E-state index in [1.54, 1.807) is 26.8 Å². The smallest absolute Gasteiger partial charge is 0.339 e. The third-order valence-electron chi connectivity index (χ3n) is 1.51. The highest BCUT2D eigenvalue weighted by molar-refractivity contribution is 5.88. The van der Waals surface area contributed by atoms with Crippen LogP contribution in [0, 0.1) is 5.41 Å². The predicted molar refractivity (Wildman–Crippen MR) is 56.2 cm³/mol. The Kier molecular flexibility index (Phi) is 5.86. The van der Waals surface area contributed by atoms with Crippen LogP contribution in [-0.2, 0) is 19.1 Å². The van der Waals surface area contributed by atoms with Gasteiger partial charge in [0.05, 0.1) is 12.0 Å². The third kappa shape index (κ3) is 6.85. The zero-order chi connectivity index (χ0) is 11.9. The van der Waals surface area contributed by atoms with Gasteiger partial charge in [-0.05, 0) is 27.2 Å². The number of hydrogen-bond acceptors (Lipinski definition) is 4. The first-order valence-electron chi connectivity index (χ1n) is 4.81. The normalized spacial score (nSPS) is 10.9. The molecule has 0 N–H and O–H groups in total. The first-order chi connectivity index (χ1) is 6.88. The van der Waals surface area contributed by atoms with Gasteiger partial charge in [0, 0.05) is 0 Å². The lowest BCUT2D eigenvalue weighted by Crippen LogP contribution is -2.27. The van der Waals surface area contributed by atoms with Gasteiger partial charge < -0.3 is 9.47 Å². The summed E-state index contributed by atoms with van der Waals surface area (Å²) in [6, 6.07) is 0. The van der Waals surface area contributed by atoms with Crippen molar-refractivity contribution < 1.29 is 19.1 Å². The van der Waals surface area contributed by atoms with Crippen molar-refractivity contribution in [1.82, 2.24) is 0 Å². The predicted octanol–water partition coefficient (Wildman–Crippen LogP) is 1.70. The van der Waals surface area contributed by atoms with Crippen molar-refractivity contribution in [2.75, 3.05) is 13.2 Å². The Balaban J connectivity index is 3.75. The van der Waals surface area contributed by atoms with Crippen LogP contribution >= 0.6 is 0 Å². The fourth-order valence-corrected chi connectivity index (χ4v) is 0.608. The second kappa shape index (κ2) is 6.35. The van der Waals surface area contributed by atoms with Crippen molar-refractivity contribution in [3.8, 4) is 0 Å². The number of carbonyl (C=O) groups excluding carboxylic acids is 2. The number of carbonyl (C=O) groups is 2. The van der Waals surface area contributed by atoms with Crippen molar-refractivity contribution in [3.05, 3.63) is 12.7 Å². The Bertz CT molecular complexity index is 237. The highest BCUT2D eigenvalue weighted by Crippen LogP contribution is 2.14. The number of ether oxygens (including phenoxy) is 2. The molecule has 0 radical (unpaired) electrons. The summed E-state index contributed by atoms with van der Waals surface area (Å²) in [5.74, 6) is -1.20. The molecule has 0 rings (SSSR count). The van der Waals surface area contributed by atoms with Crippen LogP contribution in [0.15, 0.2) is 12.7 Å². The van der Waals surface area contributed by atoms with E-state index in [4.69, 9.17) is 4.74 Å². The van der Waals surface area contributed by atoms with E-state index in [2.05, 4.69) is 11.3 Å². The van der Waals surface area contributed by atoms with Crippen molar-refractivity contribution in [1.29, 1.82) is 0 Å². The summed E-state index contributed by atoms with van der Waals surface area (Å²) >= 11 is 0. The highest BCUT2D eigenvalue weighted by Gasteiger charge is 2.25. The molecule has 0 aliphatic carbocycles. The van der Waals surface area contributed by atoms with E-state index in [0.29, 0.717) is 13.0 Å². The molecule has 0 aromatic carbocycles. The topological polar surface area (TPSA) is 52.6 Å². The van der Waals surface area contributed by atoms with Gasteiger partial charge in [0.15, 0.2) is 0 Å². The molecule has 0 saturated carbocycles. The van der Waals surface area contributed by atoms with Gasteiger partial charge in [0.2, 0.25) is 0 Å². The zero-order valence-corrected chi connectivity index (χ0v) is 9.54. The SMILES string of the molecule is C=CCCOCC(=O)OC(=O)C(C)(C)C. The molecular formula is C11H18O4. The summed E-state index contributed by atoms with van der Waals surface area (Å²) < 4.78 is 9.52. The van der Waals surface area contributed by atoms with Crippen LogP contribution in [0.4, 0.5) is 0 Å².